The van der Waals surface area contributed by atoms with E-state index in [1.165, 1.54) is 0 Å². The summed E-state index contributed by atoms with van der Waals surface area (Å²) >= 11 is 0. The van der Waals surface area contributed by atoms with E-state index in [2.05, 4.69) is 5.32 Å². The van der Waals surface area contributed by atoms with E-state index >= 15 is 0 Å². The summed E-state index contributed by atoms with van der Waals surface area (Å²) in [6, 6.07) is 6.01. The monoisotopic (exact) mass is 286 g/mol. The van der Waals surface area contributed by atoms with Gasteiger partial charge in [0.2, 0.25) is 5.91 Å². The third-order valence-corrected chi connectivity index (χ3v) is 4.18. The summed E-state index contributed by atoms with van der Waals surface area (Å²) in [6.45, 7) is 3.91. The van der Waals surface area contributed by atoms with Crippen LogP contribution in [-0.2, 0) is 4.79 Å². The van der Waals surface area contributed by atoms with Crippen LogP contribution in [0.25, 0.3) is 0 Å². The summed E-state index contributed by atoms with van der Waals surface area (Å²) < 4.78 is 0. The maximum Gasteiger partial charge on any atom is 0.262 e. The van der Waals surface area contributed by atoms with E-state index in [4.69, 9.17) is 0 Å². The van der Waals surface area contributed by atoms with Gasteiger partial charge in [-0.05, 0) is 45.2 Å². The van der Waals surface area contributed by atoms with Crippen molar-refractivity contribution in [2.75, 3.05) is 0 Å². The molecule has 5 nitrogen and oxygen atoms in total. The zero-order valence-electron chi connectivity index (χ0n) is 12.2. The van der Waals surface area contributed by atoms with Crippen LogP contribution in [0.3, 0.4) is 0 Å². The van der Waals surface area contributed by atoms with E-state index in [0.29, 0.717) is 17.5 Å². The lowest BCUT2D eigenvalue weighted by Crippen LogP contribution is -2.52. The molecule has 0 unspecified atom stereocenters. The fourth-order valence-electron chi connectivity index (χ4n) is 3.09. The van der Waals surface area contributed by atoms with Gasteiger partial charge in [0.1, 0.15) is 6.04 Å². The highest BCUT2D eigenvalue weighted by Gasteiger charge is 2.44. The van der Waals surface area contributed by atoms with Crippen LogP contribution in [0.4, 0.5) is 0 Å². The van der Waals surface area contributed by atoms with Gasteiger partial charge in [-0.1, -0.05) is 12.1 Å². The van der Waals surface area contributed by atoms with E-state index < -0.39 is 6.04 Å². The quantitative estimate of drug-likeness (QED) is 0.800. The lowest BCUT2D eigenvalue weighted by Gasteiger charge is -2.27. The first kappa shape index (κ1) is 13.8. The molecule has 0 spiro atoms. The summed E-state index contributed by atoms with van der Waals surface area (Å²) in [5, 5.41) is 2.93. The van der Waals surface area contributed by atoms with Gasteiger partial charge in [-0.2, -0.15) is 0 Å². The van der Waals surface area contributed by atoms with E-state index in [9.17, 15) is 14.4 Å². The average Bonchev–Trinajstić information content (AvgIpc) is 2.58. The predicted octanol–water partition coefficient (Wildman–Crippen LogP) is 1.73. The van der Waals surface area contributed by atoms with Crippen molar-refractivity contribution in [2.24, 2.45) is 0 Å². The van der Waals surface area contributed by atoms with Gasteiger partial charge in [0.15, 0.2) is 0 Å². The SMILES string of the molecule is CC1(C)CCC[C@H](N2C(=O)c3ccccc3C2=O)C(=O)N1. The van der Waals surface area contributed by atoms with Gasteiger partial charge in [0.05, 0.1) is 11.1 Å². The van der Waals surface area contributed by atoms with Gasteiger partial charge >= 0.3 is 0 Å². The number of fused-ring (bicyclic) bond motifs is 1. The van der Waals surface area contributed by atoms with Crippen molar-refractivity contribution in [1.29, 1.82) is 0 Å². The maximum absolute atomic E-state index is 12.5. The molecule has 5 heteroatoms. The first-order valence-corrected chi connectivity index (χ1v) is 7.20. The second kappa shape index (κ2) is 4.69. The Morgan fingerprint density at radius 1 is 1.10 bits per heavy atom. The number of carbonyl (C=O) groups excluding carboxylic acids is 3. The molecule has 1 atom stereocenters. The van der Waals surface area contributed by atoms with Crippen LogP contribution in [-0.4, -0.2) is 34.2 Å². The molecule has 3 rings (SSSR count). The van der Waals surface area contributed by atoms with Gasteiger partial charge < -0.3 is 5.32 Å². The Balaban J connectivity index is 1.93. The van der Waals surface area contributed by atoms with Crippen LogP contribution in [0.5, 0.6) is 0 Å². The van der Waals surface area contributed by atoms with Crippen molar-refractivity contribution in [2.45, 2.75) is 44.7 Å². The normalized spacial score (nSPS) is 24.6. The molecule has 1 aromatic carbocycles. The Labute approximate surface area is 123 Å². The maximum atomic E-state index is 12.5. The van der Waals surface area contributed by atoms with E-state index in [1.54, 1.807) is 24.3 Å². The molecular formula is C16H18N2O3. The van der Waals surface area contributed by atoms with Crippen LogP contribution in [0.15, 0.2) is 24.3 Å². The Morgan fingerprint density at radius 3 is 2.24 bits per heavy atom. The highest BCUT2D eigenvalue weighted by atomic mass is 16.2. The van der Waals surface area contributed by atoms with Crippen molar-refractivity contribution >= 4 is 17.7 Å². The minimum Gasteiger partial charge on any atom is -0.349 e. The van der Waals surface area contributed by atoms with E-state index in [-0.39, 0.29) is 23.3 Å². The molecule has 0 saturated carbocycles. The third kappa shape index (κ3) is 2.22. The van der Waals surface area contributed by atoms with Crippen molar-refractivity contribution in [3.05, 3.63) is 35.4 Å². The summed E-state index contributed by atoms with van der Waals surface area (Å²) in [5.74, 6) is -0.974. The standard InChI is InChI=1S/C16H18N2O3/c1-16(2)9-5-8-12(13(19)17-16)18-14(20)10-6-3-4-7-11(10)15(18)21/h3-4,6-7,12H,5,8-9H2,1-2H3,(H,17,19)/t12-/m0/s1. The molecule has 0 aliphatic carbocycles. The summed E-state index contributed by atoms with van der Waals surface area (Å²) in [5.41, 5.74) is 0.474. The zero-order valence-corrected chi connectivity index (χ0v) is 12.2. The summed E-state index contributed by atoms with van der Waals surface area (Å²) in [6.07, 6.45) is 2.14. The largest absolute Gasteiger partial charge is 0.349 e. The number of rotatable bonds is 1. The number of nitrogens with one attached hydrogen (secondary N) is 1. The number of imide groups is 1. The topological polar surface area (TPSA) is 66.5 Å². The highest BCUT2D eigenvalue weighted by molar-refractivity contribution is 6.22. The summed E-state index contributed by atoms with van der Waals surface area (Å²) in [4.78, 5) is 38.4. The third-order valence-electron chi connectivity index (χ3n) is 4.18. The van der Waals surface area contributed by atoms with Crippen molar-refractivity contribution in [3.8, 4) is 0 Å². The molecule has 1 saturated heterocycles. The molecule has 0 aromatic heterocycles. The van der Waals surface area contributed by atoms with Crippen LogP contribution in [0.2, 0.25) is 0 Å². The molecule has 2 aliphatic rings. The fourth-order valence-corrected chi connectivity index (χ4v) is 3.09. The average molecular weight is 286 g/mol. The molecule has 1 aromatic rings. The number of carbonyl (C=O) groups is 3. The highest BCUT2D eigenvalue weighted by Crippen LogP contribution is 2.29. The molecule has 2 aliphatic heterocycles. The van der Waals surface area contributed by atoms with Crippen molar-refractivity contribution in [3.63, 3.8) is 0 Å². The second-order valence-electron chi connectivity index (χ2n) is 6.31. The number of benzene rings is 1. The molecule has 2 heterocycles. The Kier molecular flexibility index (Phi) is 3.08. The van der Waals surface area contributed by atoms with Crippen LogP contribution < -0.4 is 5.32 Å². The lowest BCUT2D eigenvalue weighted by molar-refractivity contribution is -0.126. The minimum absolute atomic E-state index is 0.244. The van der Waals surface area contributed by atoms with Gasteiger partial charge in [0.25, 0.3) is 11.8 Å². The van der Waals surface area contributed by atoms with Crippen molar-refractivity contribution in [1.82, 2.24) is 10.2 Å². The number of amides is 3. The molecule has 21 heavy (non-hydrogen) atoms. The van der Waals surface area contributed by atoms with Gasteiger partial charge in [-0.25, -0.2) is 0 Å². The van der Waals surface area contributed by atoms with Crippen LogP contribution in [0, 0.1) is 0 Å². The number of hydrogen-bond acceptors (Lipinski definition) is 3. The van der Waals surface area contributed by atoms with Gasteiger partial charge in [0, 0.05) is 5.54 Å². The summed E-state index contributed by atoms with van der Waals surface area (Å²) in [7, 11) is 0. The van der Waals surface area contributed by atoms with E-state index in [1.807, 2.05) is 13.8 Å². The molecule has 1 N–H and O–H groups in total. The van der Waals surface area contributed by atoms with Crippen molar-refractivity contribution < 1.29 is 14.4 Å². The predicted molar refractivity (Wildman–Crippen MR) is 76.8 cm³/mol. The Morgan fingerprint density at radius 2 is 1.67 bits per heavy atom. The first-order chi connectivity index (χ1) is 9.91. The molecule has 0 bridgehead atoms. The minimum atomic E-state index is -0.709. The number of hydrogen-bond donors (Lipinski definition) is 1. The Hall–Kier alpha value is -2.17. The molecule has 3 amide bonds. The van der Waals surface area contributed by atoms with Crippen LogP contribution >= 0.6 is 0 Å². The lowest BCUT2D eigenvalue weighted by atomic mass is 9.99. The van der Waals surface area contributed by atoms with Gasteiger partial charge in [-0.15, -0.1) is 0 Å². The first-order valence-electron chi connectivity index (χ1n) is 7.20. The number of nitrogens with zero attached hydrogens (tertiary/aromatic N) is 1. The molecular weight excluding hydrogens is 268 g/mol. The molecule has 1 fully saturated rings. The van der Waals surface area contributed by atoms with Crippen LogP contribution in [0.1, 0.15) is 53.8 Å². The van der Waals surface area contributed by atoms with Gasteiger partial charge in [-0.3, -0.25) is 19.3 Å². The smallest absolute Gasteiger partial charge is 0.262 e. The molecule has 110 valence electrons. The fraction of sp³-hybridized carbons (Fsp3) is 0.438. The zero-order chi connectivity index (χ0) is 15.2. The van der Waals surface area contributed by atoms with E-state index in [0.717, 1.165) is 17.7 Å². The Bertz CT molecular complexity index is 601. The second-order valence-corrected chi connectivity index (χ2v) is 6.31. The molecule has 0 radical (unpaired) electrons.